The monoisotopic (exact) mass is 200 g/mol. The van der Waals surface area contributed by atoms with Crippen molar-refractivity contribution in [3.8, 4) is 17.1 Å². The summed E-state index contributed by atoms with van der Waals surface area (Å²) in [6.07, 6.45) is 0. The van der Waals surface area contributed by atoms with Crippen LogP contribution < -0.4 is 0 Å². The Morgan fingerprint density at radius 1 is 1.33 bits per heavy atom. The highest BCUT2D eigenvalue weighted by molar-refractivity contribution is 5.75. The number of rotatable bonds is 1. The summed E-state index contributed by atoms with van der Waals surface area (Å²) in [6, 6.07) is 6.45. The van der Waals surface area contributed by atoms with Gasteiger partial charge in [-0.05, 0) is 31.2 Å². The first-order valence-corrected chi connectivity index (χ1v) is 4.35. The standard InChI is InChI=1S/C11H8N2O2/c1-7-10(12-2)11(15-13-7)8-3-5-9(14)6-4-8/h3-6,14H,1H3. The molecule has 1 N–H and O–H groups in total. The lowest BCUT2D eigenvalue weighted by Gasteiger charge is -1.96. The smallest absolute Gasteiger partial charge is 0.256 e. The van der Waals surface area contributed by atoms with Crippen molar-refractivity contribution in [1.82, 2.24) is 5.16 Å². The highest BCUT2D eigenvalue weighted by atomic mass is 16.5. The van der Waals surface area contributed by atoms with Crippen LogP contribution in [-0.2, 0) is 0 Å². The number of hydrogen-bond donors (Lipinski definition) is 1. The first-order chi connectivity index (χ1) is 7.22. The van der Waals surface area contributed by atoms with Gasteiger partial charge in [-0.2, -0.15) is 0 Å². The second kappa shape index (κ2) is 3.46. The Bertz CT molecular complexity index is 521. The first-order valence-electron chi connectivity index (χ1n) is 4.35. The Labute approximate surface area is 86.6 Å². The molecule has 0 atom stereocenters. The third-order valence-electron chi connectivity index (χ3n) is 2.07. The maximum absolute atomic E-state index is 9.13. The zero-order chi connectivity index (χ0) is 10.8. The van der Waals surface area contributed by atoms with E-state index in [0.29, 0.717) is 17.1 Å². The number of phenolic OH excluding ortho intramolecular Hbond substituents is 1. The van der Waals surface area contributed by atoms with Gasteiger partial charge in [-0.15, -0.1) is 0 Å². The van der Waals surface area contributed by atoms with Crippen LogP contribution in [0.4, 0.5) is 5.69 Å². The number of nitrogens with zero attached hydrogens (tertiary/aromatic N) is 2. The minimum atomic E-state index is 0.180. The molecule has 1 heterocycles. The second-order valence-corrected chi connectivity index (χ2v) is 3.10. The fourth-order valence-electron chi connectivity index (χ4n) is 1.30. The minimum Gasteiger partial charge on any atom is -0.508 e. The molecular weight excluding hydrogens is 192 g/mol. The first kappa shape index (κ1) is 9.28. The Morgan fingerprint density at radius 2 is 2.00 bits per heavy atom. The maximum Gasteiger partial charge on any atom is 0.256 e. The molecule has 0 unspecified atom stereocenters. The number of benzene rings is 1. The van der Waals surface area contributed by atoms with E-state index in [9.17, 15) is 0 Å². The molecule has 0 bridgehead atoms. The number of aryl methyl sites for hydroxylation is 1. The largest absolute Gasteiger partial charge is 0.508 e. The molecule has 74 valence electrons. The minimum absolute atomic E-state index is 0.180. The number of phenols is 1. The molecule has 2 rings (SSSR count). The maximum atomic E-state index is 9.13. The lowest BCUT2D eigenvalue weighted by molar-refractivity contribution is 0.427. The van der Waals surface area contributed by atoms with Gasteiger partial charge >= 0.3 is 0 Å². The van der Waals surface area contributed by atoms with E-state index in [-0.39, 0.29) is 5.75 Å². The van der Waals surface area contributed by atoms with E-state index < -0.39 is 0 Å². The van der Waals surface area contributed by atoms with E-state index in [0.717, 1.165) is 5.56 Å². The Balaban J connectivity index is 2.55. The van der Waals surface area contributed by atoms with Gasteiger partial charge < -0.3 is 9.63 Å². The molecule has 0 radical (unpaired) electrons. The molecule has 0 aliphatic heterocycles. The van der Waals surface area contributed by atoms with Crippen molar-refractivity contribution in [2.75, 3.05) is 0 Å². The molecule has 15 heavy (non-hydrogen) atoms. The summed E-state index contributed by atoms with van der Waals surface area (Å²) in [4.78, 5) is 3.36. The molecule has 0 aliphatic carbocycles. The summed E-state index contributed by atoms with van der Waals surface area (Å²) in [5.41, 5.74) is 1.73. The van der Waals surface area contributed by atoms with E-state index in [2.05, 4.69) is 10.0 Å². The van der Waals surface area contributed by atoms with Crippen LogP contribution in [0.15, 0.2) is 28.8 Å². The molecule has 0 amide bonds. The molecule has 1 aromatic heterocycles. The molecule has 0 spiro atoms. The highest BCUT2D eigenvalue weighted by Gasteiger charge is 2.14. The molecule has 0 saturated carbocycles. The molecule has 1 aromatic carbocycles. The van der Waals surface area contributed by atoms with E-state index >= 15 is 0 Å². The summed E-state index contributed by atoms with van der Waals surface area (Å²) in [6.45, 7) is 8.73. The average Bonchev–Trinajstić information content (AvgIpc) is 2.61. The number of hydrogen-bond acceptors (Lipinski definition) is 3. The quantitative estimate of drug-likeness (QED) is 0.720. The van der Waals surface area contributed by atoms with Crippen LogP contribution in [0.3, 0.4) is 0 Å². The zero-order valence-electron chi connectivity index (χ0n) is 8.06. The van der Waals surface area contributed by atoms with Crippen LogP contribution in [0.1, 0.15) is 5.69 Å². The lowest BCUT2D eigenvalue weighted by atomic mass is 10.1. The van der Waals surface area contributed by atoms with Gasteiger partial charge in [0.1, 0.15) is 5.75 Å². The SMILES string of the molecule is [C-]#[N+]c1c(C)noc1-c1ccc(O)cc1. The van der Waals surface area contributed by atoms with Crippen molar-refractivity contribution < 1.29 is 9.63 Å². The van der Waals surface area contributed by atoms with Crippen molar-refractivity contribution in [2.45, 2.75) is 6.92 Å². The molecule has 0 fully saturated rings. The van der Waals surface area contributed by atoms with E-state index in [1.807, 2.05) is 0 Å². The predicted molar refractivity (Wildman–Crippen MR) is 54.6 cm³/mol. The molecule has 2 aromatic rings. The van der Waals surface area contributed by atoms with Gasteiger partial charge in [0.2, 0.25) is 0 Å². The van der Waals surface area contributed by atoms with Crippen LogP contribution in [-0.4, -0.2) is 10.3 Å². The van der Waals surface area contributed by atoms with Gasteiger partial charge in [0, 0.05) is 5.56 Å². The highest BCUT2D eigenvalue weighted by Crippen LogP contribution is 2.33. The predicted octanol–water partition coefficient (Wildman–Crippen LogP) is 2.91. The summed E-state index contributed by atoms with van der Waals surface area (Å²) >= 11 is 0. The average molecular weight is 200 g/mol. The van der Waals surface area contributed by atoms with Crippen LogP contribution in [0.25, 0.3) is 16.2 Å². The third kappa shape index (κ3) is 1.55. The van der Waals surface area contributed by atoms with Crippen molar-refractivity contribution in [3.63, 3.8) is 0 Å². The molecular formula is C11H8N2O2. The molecule has 0 aliphatic rings. The summed E-state index contributed by atoms with van der Waals surface area (Å²) in [7, 11) is 0. The van der Waals surface area contributed by atoms with Gasteiger partial charge in [0.15, 0.2) is 5.76 Å². The molecule has 4 heteroatoms. The Morgan fingerprint density at radius 3 is 2.60 bits per heavy atom. The van der Waals surface area contributed by atoms with Crippen LogP contribution in [0.5, 0.6) is 5.75 Å². The lowest BCUT2D eigenvalue weighted by Crippen LogP contribution is -1.73. The van der Waals surface area contributed by atoms with Crippen molar-refractivity contribution in [3.05, 3.63) is 41.4 Å². The molecule has 4 nitrogen and oxygen atoms in total. The fraction of sp³-hybridized carbons (Fsp3) is 0.0909. The number of aromatic hydroxyl groups is 1. The summed E-state index contributed by atoms with van der Waals surface area (Å²) in [5.74, 6) is 0.627. The van der Waals surface area contributed by atoms with E-state index in [1.54, 1.807) is 31.2 Å². The van der Waals surface area contributed by atoms with Gasteiger partial charge in [-0.1, -0.05) is 5.16 Å². The Kier molecular flexibility index (Phi) is 2.14. The molecule has 0 saturated heterocycles. The number of aromatic nitrogens is 1. The van der Waals surface area contributed by atoms with Gasteiger partial charge in [0.25, 0.3) is 5.69 Å². The van der Waals surface area contributed by atoms with Gasteiger partial charge in [0.05, 0.1) is 12.3 Å². The van der Waals surface area contributed by atoms with Gasteiger partial charge in [-0.25, -0.2) is 4.85 Å². The normalized spacial score (nSPS) is 9.87. The van der Waals surface area contributed by atoms with Crippen LogP contribution >= 0.6 is 0 Å². The zero-order valence-corrected chi connectivity index (χ0v) is 8.06. The summed E-state index contributed by atoms with van der Waals surface area (Å²) in [5, 5.41) is 12.9. The van der Waals surface area contributed by atoms with E-state index in [4.69, 9.17) is 16.2 Å². The van der Waals surface area contributed by atoms with Crippen LogP contribution in [0, 0.1) is 13.5 Å². The van der Waals surface area contributed by atoms with Crippen molar-refractivity contribution in [1.29, 1.82) is 0 Å². The fourth-order valence-corrected chi connectivity index (χ4v) is 1.30. The second-order valence-electron chi connectivity index (χ2n) is 3.10. The van der Waals surface area contributed by atoms with E-state index in [1.165, 1.54) is 0 Å². The van der Waals surface area contributed by atoms with Crippen LogP contribution in [0.2, 0.25) is 0 Å². The summed E-state index contributed by atoms with van der Waals surface area (Å²) < 4.78 is 5.07. The Hall–Kier alpha value is -2.28. The van der Waals surface area contributed by atoms with Crippen molar-refractivity contribution in [2.24, 2.45) is 0 Å². The van der Waals surface area contributed by atoms with Gasteiger partial charge in [-0.3, -0.25) is 0 Å². The third-order valence-corrected chi connectivity index (χ3v) is 2.07. The van der Waals surface area contributed by atoms with Crippen molar-refractivity contribution >= 4 is 5.69 Å². The topological polar surface area (TPSA) is 50.6 Å².